The summed E-state index contributed by atoms with van der Waals surface area (Å²) in [4.78, 5) is 7.15. The Hall–Kier alpha value is -1.42. The molecule has 1 aromatic heterocycles. The average Bonchev–Trinajstić information content (AvgIpc) is 2.84. The van der Waals surface area contributed by atoms with Crippen LogP contribution in [-0.4, -0.2) is 29.0 Å². The van der Waals surface area contributed by atoms with Gasteiger partial charge in [0.1, 0.15) is 0 Å². The lowest BCUT2D eigenvalue weighted by atomic mass is 10.0. The lowest BCUT2D eigenvalue weighted by Crippen LogP contribution is -2.35. The number of aromatic nitrogens is 1. The Morgan fingerprint density at radius 1 is 1.08 bits per heavy atom. The number of hydrogen-bond donors (Lipinski definition) is 1. The first-order chi connectivity index (χ1) is 11.3. The maximum absolute atomic E-state index is 4.54. The molecule has 1 fully saturated rings. The number of benzene rings is 1. The van der Waals surface area contributed by atoms with E-state index in [2.05, 4.69) is 58.5 Å². The summed E-state index contributed by atoms with van der Waals surface area (Å²) in [5.74, 6) is 0. The van der Waals surface area contributed by atoms with Crippen LogP contribution >= 0.6 is 12.4 Å². The molecule has 1 aliphatic rings. The summed E-state index contributed by atoms with van der Waals surface area (Å²) in [5, 5.41) is 3.53. The monoisotopic (exact) mass is 345 g/mol. The van der Waals surface area contributed by atoms with Crippen molar-refractivity contribution in [2.45, 2.75) is 45.3 Å². The third-order valence-corrected chi connectivity index (χ3v) is 4.62. The normalized spacial score (nSPS) is 18.0. The van der Waals surface area contributed by atoms with Gasteiger partial charge in [-0.2, -0.15) is 0 Å². The summed E-state index contributed by atoms with van der Waals surface area (Å²) in [6.45, 7) is 6.38. The molecule has 1 aromatic carbocycles. The van der Waals surface area contributed by atoms with Crippen LogP contribution < -0.4 is 5.32 Å². The van der Waals surface area contributed by atoms with Crippen LogP contribution in [0, 0.1) is 6.92 Å². The molecule has 1 saturated heterocycles. The number of hydrogen-bond acceptors (Lipinski definition) is 3. The molecular weight excluding hydrogens is 318 g/mol. The van der Waals surface area contributed by atoms with Crippen molar-refractivity contribution in [3.05, 3.63) is 65.5 Å². The summed E-state index contributed by atoms with van der Waals surface area (Å²) < 4.78 is 0. The average molecular weight is 346 g/mol. The van der Waals surface area contributed by atoms with Crippen molar-refractivity contribution >= 4 is 12.4 Å². The Morgan fingerprint density at radius 3 is 2.79 bits per heavy atom. The van der Waals surface area contributed by atoms with E-state index in [0.29, 0.717) is 6.04 Å². The Bertz CT molecular complexity index is 595. The molecule has 1 unspecified atom stereocenters. The zero-order chi connectivity index (χ0) is 15.9. The minimum absolute atomic E-state index is 0. The molecule has 2 heterocycles. The molecule has 0 spiro atoms. The van der Waals surface area contributed by atoms with E-state index in [0.717, 1.165) is 31.9 Å². The van der Waals surface area contributed by atoms with E-state index in [1.54, 1.807) is 0 Å². The van der Waals surface area contributed by atoms with E-state index >= 15 is 0 Å². The molecule has 1 aliphatic heterocycles. The lowest BCUT2D eigenvalue weighted by Gasteiger charge is -2.31. The third-order valence-electron chi connectivity index (χ3n) is 4.62. The highest BCUT2D eigenvalue weighted by Crippen LogP contribution is 2.19. The lowest BCUT2D eigenvalue weighted by molar-refractivity contribution is 0.162. The Kier molecular flexibility index (Phi) is 7.70. The summed E-state index contributed by atoms with van der Waals surface area (Å²) >= 11 is 0. The molecule has 0 saturated carbocycles. The maximum atomic E-state index is 4.54. The van der Waals surface area contributed by atoms with Gasteiger partial charge in [-0.15, -0.1) is 12.4 Å². The standard InChI is InChI=1S/C20H27N3.ClH/c1-17-6-4-7-18(14-17)15-23(16-19-8-2-3-12-22-19)20-9-5-11-21-13-10-20;/h2-4,6-8,12,14,20-21H,5,9-11,13,15-16H2,1H3;1H. The molecule has 24 heavy (non-hydrogen) atoms. The second-order valence-corrected chi connectivity index (χ2v) is 6.55. The van der Waals surface area contributed by atoms with Gasteiger partial charge in [0.25, 0.3) is 0 Å². The minimum Gasteiger partial charge on any atom is -0.317 e. The fraction of sp³-hybridized carbons (Fsp3) is 0.450. The van der Waals surface area contributed by atoms with E-state index in [1.165, 1.54) is 30.4 Å². The SMILES string of the molecule is Cc1cccc(CN(Cc2ccccn2)C2CCCNCC2)c1.Cl. The molecule has 2 aromatic rings. The number of aryl methyl sites for hydroxylation is 1. The number of pyridine rings is 1. The third kappa shape index (κ3) is 5.59. The quantitative estimate of drug-likeness (QED) is 0.889. The topological polar surface area (TPSA) is 28.2 Å². The molecule has 1 atom stereocenters. The zero-order valence-corrected chi connectivity index (χ0v) is 15.3. The van der Waals surface area contributed by atoms with Crippen molar-refractivity contribution in [2.75, 3.05) is 13.1 Å². The smallest absolute Gasteiger partial charge is 0.0544 e. The van der Waals surface area contributed by atoms with Crippen molar-refractivity contribution in [1.29, 1.82) is 0 Å². The van der Waals surface area contributed by atoms with E-state index in [4.69, 9.17) is 0 Å². The maximum Gasteiger partial charge on any atom is 0.0544 e. The van der Waals surface area contributed by atoms with Gasteiger partial charge in [-0.1, -0.05) is 35.9 Å². The minimum atomic E-state index is 0. The van der Waals surface area contributed by atoms with Gasteiger partial charge in [-0.25, -0.2) is 0 Å². The van der Waals surface area contributed by atoms with Gasteiger partial charge in [0.15, 0.2) is 0 Å². The predicted molar refractivity (Wildman–Crippen MR) is 102 cm³/mol. The molecule has 0 bridgehead atoms. The Balaban J connectivity index is 0.00000208. The van der Waals surface area contributed by atoms with Crippen molar-refractivity contribution in [1.82, 2.24) is 15.2 Å². The highest BCUT2D eigenvalue weighted by atomic mass is 35.5. The van der Waals surface area contributed by atoms with Crippen LogP contribution in [-0.2, 0) is 13.1 Å². The molecule has 0 radical (unpaired) electrons. The van der Waals surface area contributed by atoms with Crippen LogP contribution in [0.5, 0.6) is 0 Å². The van der Waals surface area contributed by atoms with E-state index < -0.39 is 0 Å². The number of nitrogens with one attached hydrogen (secondary N) is 1. The molecule has 130 valence electrons. The molecule has 0 aliphatic carbocycles. The predicted octanol–water partition coefficient (Wildman–Crippen LogP) is 3.96. The van der Waals surface area contributed by atoms with E-state index in [1.807, 2.05) is 12.3 Å². The summed E-state index contributed by atoms with van der Waals surface area (Å²) in [5.41, 5.74) is 3.90. The van der Waals surface area contributed by atoms with Gasteiger partial charge in [-0.05, 0) is 57.0 Å². The fourth-order valence-electron chi connectivity index (χ4n) is 3.42. The van der Waals surface area contributed by atoms with Gasteiger partial charge in [-0.3, -0.25) is 9.88 Å². The fourth-order valence-corrected chi connectivity index (χ4v) is 3.42. The molecule has 3 rings (SSSR count). The van der Waals surface area contributed by atoms with Gasteiger partial charge in [0.05, 0.1) is 5.69 Å². The molecule has 1 N–H and O–H groups in total. The van der Waals surface area contributed by atoms with Crippen molar-refractivity contribution in [3.63, 3.8) is 0 Å². The highest BCUT2D eigenvalue weighted by molar-refractivity contribution is 5.85. The summed E-state index contributed by atoms with van der Waals surface area (Å²) in [6.07, 6.45) is 5.65. The van der Waals surface area contributed by atoms with Crippen LogP contribution in [0.2, 0.25) is 0 Å². The first-order valence-electron chi connectivity index (χ1n) is 8.71. The molecular formula is C20H28ClN3. The number of nitrogens with zero attached hydrogens (tertiary/aromatic N) is 2. The van der Waals surface area contributed by atoms with Crippen molar-refractivity contribution < 1.29 is 0 Å². The van der Waals surface area contributed by atoms with Gasteiger partial charge >= 0.3 is 0 Å². The molecule has 0 amide bonds. The zero-order valence-electron chi connectivity index (χ0n) is 14.4. The first-order valence-corrected chi connectivity index (χ1v) is 8.71. The summed E-state index contributed by atoms with van der Waals surface area (Å²) in [6, 6.07) is 15.7. The van der Waals surface area contributed by atoms with Gasteiger partial charge in [0.2, 0.25) is 0 Å². The first kappa shape index (κ1) is 18.9. The van der Waals surface area contributed by atoms with Crippen molar-refractivity contribution in [3.8, 4) is 0 Å². The highest BCUT2D eigenvalue weighted by Gasteiger charge is 2.20. The van der Waals surface area contributed by atoms with Gasteiger partial charge in [0, 0.05) is 25.3 Å². The number of rotatable bonds is 5. The van der Waals surface area contributed by atoms with E-state index in [9.17, 15) is 0 Å². The largest absolute Gasteiger partial charge is 0.317 e. The van der Waals surface area contributed by atoms with Crippen LogP contribution in [0.25, 0.3) is 0 Å². The Morgan fingerprint density at radius 2 is 2.00 bits per heavy atom. The van der Waals surface area contributed by atoms with Crippen molar-refractivity contribution in [2.24, 2.45) is 0 Å². The number of halogens is 1. The molecule has 4 heteroatoms. The van der Waals surface area contributed by atoms with Crippen LogP contribution in [0.4, 0.5) is 0 Å². The van der Waals surface area contributed by atoms with E-state index in [-0.39, 0.29) is 12.4 Å². The summed E-state index contributed by atoms with van der Waals surface area (Å²) in [7, 11) is 0. The van der Waals surface area contributed by atoms with Gasteiger partial charge < -0.3 is 5.32 Å². The second-order valence-electron chi connectivity index (χ2n) is 6.55. The van der Waals surface area contributed by atoms with Crippen LogP contribution in [0.1, 0.15) is 36.1 Å². The Labute approximate surface area is 151 Å². The molecule has 3 nitrogen and oxygen atoms in total. The van der Waals surface area contributed by atoms with Crippen LogP contribution in [0.3, 0.4) is 0 Å². The van der Waals surface area contributed by atoms with Crippen LogP contribution in [0.15, 0.2) is 48.7 Å². The second kappa shape index (κ2) is 9.77.